The Morgan fingerprint density at radius 2 is 1.92 bits per heavy atom. The number of hydrogen-bond donors (Lipinski definition) is 0. The topological polar surface area (TPSA) is 23.8 Å². The highest BCUT2D eigenvalue weighted by Gasteiger charge is 2.04. The molecule has 0 fully saturated rings. The van der Waals surface area contributed by atoms with Gasteiger partial charge in [-0.3, -0.25) is 0 Å². The Hall–Kier alpha value is -1.29. The van der Waals surface area contributed by atoms with Gasteiger partial charge in [0.2, 0.25) is 0 Å². The second-order valence-corrected chi connectivity index (χ2v) is 3.42. The van der Waals surface area contributed by atoms with Gasteiger partial charge in [-0.25, -0.2) is 0 Å². The predicted octanol–water partition coefficient (Wildman–Crippen LogP) is 3.09. The van der Waals surface area contributed by atoms with E-state index in [9.17, 15) is 0 Å². The third-order valence-corrected chi connectivity index (χ3v) is 2.28. The summed E-state index contributed by atoms with van der Waals surface area (Å²) in [6, 6.07) is 10.7. The predicted molar refractivity (Wildman–Crippen MR) is 54.3 cm³/mol. The molecule has 0 aliphatic heterocycles. The van der Waals surface area contributed by atoms with Crippen molar-refractivity contribution in [2.75, 3.05) is 0 Å². The Labute approximate surface area is 80.0 Å². The van der Waals surface area contributed by atoms with Gasteiger partial charge in [0.05, 0.1) is 12.0 Å². The first-order chi connectivity index (χ1) is 6.26. The van der Waals surface area contributed by atoms with Gasteiger partial charge in [-0.2, -0.15) is 5.26 Å². The molecule has 1 aromatic carbocycles. The van der Waals surface area contributed by atoms with Crippen molar-refractivity contribution in [1.82, 2.24) is 0 Å². The molecular formula is C12H15N. The van der Waals surface area contributed by atoms with Gasteiger partial charge in [-0.05, 0) is 25.3 Å². The summed E-state index contributed by atoms with van der Waals surface area (Å²) in [7, 11) is 0. The van der Waals surface area contributed by atoms with Crippen LogP contribution >= 0.6 is 0 Å². The Kier molecular flexibility index (Phi) is 3.52. The van der Waals surface area contributed by atoms with E-state index >= 15 is 0 Å². The molecule has 0 saturated heterocycles. The lowest BCUT2D eigenvalue weighted by Gasteiger charge is -2.05. The molecule has 0 amide bonds. The van der Waals surface area contributed by atoms with Crippen molar-refractivity contribution >= 4 is 0 Å². The molecule has 13 heavy (non-hydrogen) atoms. The van der Waals surface area contributed by atoms with Crippen molar-refractivity contribution in [1.29, 1.82) is 5.26 Å². The van der Waals surface area contributed by atoms with E-state index in [4.69, 9.17) is 5.26 Å². The highest BCUT2D eigenvalue weighted by Crippen LogP contribution is 2.11. The van der Waals surface area contributed by atoms with Crippen LogP contribution in [0.25, 0.3) is 0 Å². The van der Waals surface area contributed by atoms with Crippen LogP contribution in [0.1, 0.15) is 24.5 Å². The molecular weight excluding hydrogens is 158 g/mol. The number of nitriles is 1. The third-order valence-electron chi connectivity index (χ3n) is 2.28. The molecule has 0 bridgehead atoms. The zero-order chi connectivity index (χ0) is 9.68. The van der Waals surface area contributed by atoms with Crippen molar-refractivity contribution in [2.24, 2.45) is 5.92 Å². The van der Waals surface area contributed by atoms with Crippen LogP contribution in [0.3, 0.4) is 0 Å². The quantitative estimate of drug-likeness (QED) is 0.689. The standard InChI is InChI=1S/C12H15N/c1-3-11(9-13)8-12-6-4-10(2)5-7-12/h4-7,11H,3,8H2,1-2H3. The molecule has 0 heterocycles. The maximum absolute atomic E-state index is 8.79. The molecule has 1 aromatic rings. The first-order valence-electron chi connectivity index (χ1n) is 4.71. The van der Waals surface area contributed by atoms with Crippen molar-refractivity contribution in [3.8, 4) is 6.07 Å². The molecule has 1 heteroatoms. The van der Waals surface area contributed by atoms with E-state index in [1.54, 1.807) is 0 Å². The van der Waals surface area contributed by atoms with Crippen LogP contribution in [0, 0.1) is 24.2 Å². The number of nitrogens with zero attached hydrogens (tertiary/aromatic N) is 1. The minimum Gasteiger partial charge on any atom is -0.198 e. The zero-order valence-electron chi connectivity index (χ0n) is 8.25. The Morgan fingerprint density at radius 1 is 1.31 bits per heavy atom. The highest BCUT2D eigenvalue weighted by molar-refractivity contribution is 5.22. The lowest BCUT2D eigenvalue weighted by atomic mass is 9.98. The van der Waals surface area contributed by atoms with Crippen LogP contribution in [0.15, 0.2) is 24.3 Å². The zero-order valence-corrected chi connectivity index (χ0v) is 8.25. The van der Waals surface area contributed by atoms with Gasteiger partial charge in [0.15, 0.2) is 0 Å². The first kappa shape index (κ1) is 9.80. The molecule has 1 unspecified atom stereocenters. The fourth-order valence-electron chi connectivity index (χ4n) is 1.29. The monoisotopic (exact) mass is 173 g/mol. The number of rotatable bonds is 3. The first-order valence-corrected chi connectivity index (χ1v) is 4.71. The molecule has 0 aliphatic carbocycles. The maximum Gasteiger partial charge on any atom is 0.0659 e. The minimum atomic E-state index is 0.169. The van der Waals surface area contributed by atoms with Crippen LogP contribution in [0.2, 0.25) is 0 Å². The summed E-state index contributed by atoms with van der Waals surface area (Å²) in [5, 5.41) is 8.79. The molecule has 68 valence electrons. The van der Waals surface area contributed by atoms with E-state index in [0.29, 0.717) is 0 Å². The number of hydrogen-bond acceptors (Lipinski definition) is 1. The third kappa shape index (κ3) is 2.91. The van der Waals surface area contributed by atoms with Gasteiger partial charge in [0.25, 0.3) is 0 Å². The van der Waals surface area contributed by atoms with E-state index in [1.807, 2.05) is 0 Å². The number of aryl methyl sites for hydroxylation is 1. The van der Waals surface area contributed by atoms with E-state index in [-0.39, 0.29) is 5.92 Å². The van der Waals surface area contributed by atoms with E-state index in [1.165, 1.54) is 11.1 Å². The van der Waals surface area contributed by atoms with Gasteiger partial charge < -0.3 is 0 Å². The summed E-state index contributed by atoms with van der Waals surface area (Å²) in [6.45, 7) is 4.13. The smallest absolute Gasteiger partial charge is 0.0659 e. The summed E-state index contributed by atoms with van der Waals surface area (Å²) in [5.41, 5.74) is 2.53. The Bertz CT molecular complexity index is 292. The van der Waals surface area contributed by atoms with Crippen LogP contribution < -0.4 is 0 Å². The molecule has 0 N–H and O–H groups in total. The van der Waals surface area contributed by atoms with Gasteiger partial charge in [-0.15, -0.1) is 0 Å². The molecule has 0 aromatic heterocycles. The SMILES string of the molecule is CCC(C#N)Cc1ccc(C)cc1. The summed E-state index contributed by atoms with van der Waals surface area (Å²) in [5.74, 6) is 0.169. The largest absolute Gasteiger partial charge is 0.198 e. The summed E-state index contributed by atoms with van der Waals surface area (Å²) in [6.07, 6.45) is 1.82. The Balaban J connectivity index is 2.64. The number of benzene rings is 1. The second-order valence-electron chi connectivity index (χ2n) is 3.42. The van der Waals surface area contributed by atoms with Crippen LogP contribution in [0.4, 0.5) is 0 Å². The molecule has 0 radical (unpaired) electrons. The average molecular weight is 173 g/mol. The lowest BCUT2D eigenvalue weighted by molar-refractivity contribution is 0.638. The van der Waals surface area contributed by atoms with Crippen LogP contribution in [-0.2, 0) is 6.42 Å². The van der Waals surface area contributed by atoms with Crippen LogP contribution in [-0.4, -0.2) is 0 Å². The van der Waals surface area contributed by atoms with Gasteiger partial charge >= 0.3 is 0 Å². The molecule has 1 atom stereocenters. The fraction of sp³-hybridized carbons (Fsp3) is 0.417. The average Bonchev–Trinajstić information content (AvgIpc) is 2.17. The fourth-order valence-corrected chi connectivity index (χ4v) is 1.29. The van der Waals surface area contributed by atoms with Crippen molar-refractivity contribution in [3.63, 3.8) is 0 Å². The summed E-state index contributed by atoms with van der Waals surface area (Å²) < 4.78 is 0. The van der Waals surface area contributed by atoms with Crippen molar-refractivity contribution in [2.45, 2.75) is 26.7 Å². The van der Waals surface area contributed by atoms with Crippen molar-refractivity contribution < 1.29 is 0 Å². The van der Waals surface area contributed by atoms with Gasteiger partial charge in [-0.1, -0.05) is 36.8 Å². The second kappa shape index (κ2) is 4.67. The Morgan fingerprint density at radius 3 is 2.38 bits per heavy atom. The molecule has 1 rings (SSSR count). The van der Waals surface area contributed by atoms with Gasteiger partial charge in [0, 0.05) is 0 Å². The van der Waals surface area contributed by atoms with Gasteiger partial charge in [0.1, 0.15) is 0 Å². The summed E-state index contributed by atoms with van der Waals surface area (Å²) >= 11 is 0. The highest BCUT2D eigenvalue weighted by atomic mass is 14.3. The molecule has 0 aliphatic rings. The maximum atomic E-state index is 8.79. The molecule has 0 spiro atoms. The van der Waals surface area contributed by atoms with E-state index in [0.717, 1.165) is 12.8 Å². The van der Waals surface area contributed by atoms with E-state index < -0.39 is 0 Å². The molecule has 1 nitrogen and oxygen atoms in total. The lowest BCUT2D eigenvalue weighted by Crippen LogP contribution is -1.99. The molecule has 0 saturated carbocycles. The summed E-state index contributed by atoms with van der Waals surface area (Å²) in [4.78, 5) is 0. The van der Waals surface area contributed by atoms with Crippen molar-refractivity contribution in [3.05, 3.63) is 35.4 Å². The van der Waals surface area contributed by atoms with E-state index in [2.05, 4.69) is 44.2 Å². The minimum absolute atomic E-state index is 0.169. The normalized spacial score (nSPS) is 12.1. The van der Waals surface area contributed by atoms with Crippen LogP contribution in [0.5, 0.6) is 0 Å².